The number of benzene rings is 3. The lowest BCUT2D eigenvalue weighted by atomic mass is 9.93. The number of carbonyl (C=O) groups excluding carboxylic acids is 2. The van der Waals surface area contributed by atoms with Gasteiger partial charge in [0.2, 0.25) is 0 Å². The van der Waals surface area contributed by atoms with E-state index in [0.717, 1.165) is 34.2 Å². The van der Waals surface area contributed by atoms with Gasteiger partial charge in [-0.2, -0.15) is 0 Å². The summed E-state index contributed by atoms with van der Waals surface area (Å²) in [5, 5.41) is 5.25. The fraction of sp³-hybridized carbons (Fsp3) is 0.471. The molecule has 1 saturated carbocycles. The summed E-state index contributed by atoms with van der Waals surface area (Å²) in [6.07, 6.45) is 6.27. The van der Waals surface area contributed by atoms with Crippen LogP contribution in [0.5, 0.6) is 5.75 Å². The average Bonchev–Trinajstić information content (AvgIpc) is 3.04. The maximum absolute atomic E-state index is 12.8. The van der Waals surface area contributed by atoms with Gasteiger partial charge in [-0.1, -0.05) is 50.5 Å². The number of carbonyl (C=O) groups is 2. The van der Waals surface area contributed by atoms with E-state index in [1.807, 2.05) is 49.4 Å². The first kappa shape index (κ1) is 32.8. The van der Waals surface area contributed by atoms with Gasteiger partial charge >= 0.3 is 11.9 Å². The molecular weight excluding hydrogens is 610 g/mol. The first-order valence-electron chi connectivity index (χ1n) is 15.2. The number of nitrogen functional groups attached to an aromatic ring is 1. The van der Waals surface area contributed by atoms with Gasteiger partial charge in [-0.25, -0.2) is 4.79 Å². The summed E-state index contributed by atoms with van der Waals surface area (Å²) in [6, 6.07) is 15.9. The molecule has 3 aromatic carbocycles. The van der Waals surface area contributed by atoms with Crippen molar-refractivity contribution in [3.05, 3.63) is 69.7 Å². The van der Waals surface area contributed by atoms with E-state index in [1.54, 1.807) is 13.2 Å². The molecule has 3 aromatic rings. The number of esters is 2. The second-order valence-corrected chi connectivity index (χ2v) is 12.0. The van der Waals surface area contributed by atoms with Gasteiger partial charge in [0.15, 0.2) is 0 Å². The number of hydrogen-bond donors (Lipinski definition) is 2. The average molecular weight is 655 g/mol. The van der Waals surface area contributed by atoms with Crippen LogP contribution in [0.1, 0.15) is 73.4 Å². The maximum Gasteiger partial charge on any atom is 0.338 e. The number of nitrogens with zero attached hydrogens (tertiary/aromatic N) is 1. The second kappa shape index (κ2) is 16.1. The van der Waals surface area contributed by atoms with Gasteiger partial charge in [0, 0.05) is 30.1 Å². The van der Waals surface area contributed by atoms with Crippen molar-refractivity contribution in [3.63, 3.8) is 0 Å². The summed E-state index contributed by atoms with van der Waals surface area (Å²) in [5.74, 6) is -0.260. The summed E-state index contributed by atoms with van der Waals surface area (Å²) in [5.41, 5.74) is 9.36. The topological polar surface area (TPSA) is 103 Å². The van der Waals surface area contributed by atoms with Crippen LogP contribution in [0.15, 0.2) is 53.0 Å². The quantitative estimate of drug-likeness (QED) is 0.116. The number of ether oxygens (including phenoxy) is 3. The van der Waals surface area contributed by atoms with Gasteiger partial charge in [0.25, 0.3) is 0 Å². The SMILES string of the molecule is CCN(Cc1cc(C(=O)OCCNCCOC(=O)C(C)c2ccc3cc(OC)ccc3c2)cc(Br)c1N)C1CCCCC1. The van der Waals surface area contributed by atoms with E-state index >= 15 is 0 Å². The maximum atomic E-state index is 12.8. The molecule has 1 unspecified atom stereocenters. The molecule has 43 heavy (non-hydrogen) atoms. The molecule has 1 aliphatic rings. The molecule has 232 valence electrons. The van der Waals surface area contributed by atoms with Crippen molar-refractivity contribution in [1.29, 1.82) is 0 Å². The Balaban J connectivity index is 1.18. The van der Waals surface area contributed by atoms with Crippen LogP contribution in [0.3, 0.4) is 0 Å². The minimum absolute atomic E-state index is 0.200. The highest BCUT2D eigenvalue weighted by atomic mass is 79.9. The first-order chi connectivity index (χ1) is 20.8. The fourth-order valence-corrected chi connectivity index (χ4v) is 6.14. The molecule has 0 amide bonds. The second-order valence-electron chi connectivity index (χ2n) is 11.1. The number of nitrogens with one attached hydrogen (secondary N) is 1. The third-order valence-electron chi connectivity index (χ3n) is 8.28. The van der Waals surface area contributed by atoms with Crippen LogP contribution >= 0.6 is 15.9 Å². The van der Waals surface area contributed by atoms with Crippen molar-refractivity contribution >= 4 is 44.3 Å². The zero-order valence-electron chi connectivity index (χ0n) is 25.5. The Morgan fingerprint density at radius 3 is 2.42 bits per heavy atom. The molecule has 0 radical (unpaired) electrons. The third kappa shape index (κ3) is 8.94. The summed E-state index contributed by atoms with van der Waals surface area (Å²) < 4.78 is 17.0. The Morgan fingerprint density at radius 2 is 1.70 bits per heavy atom. The monoisotopic (exact) mass is 653 g/mol. The lowest BCUT2D eigenvalue weighted by molar-refractivity contribution is -0.144. The largest absolute Gasteiger partial charge is 0.497 e. The van der Waals surface area contributed by atoms with Gasteiger partial charge in [-0.3, -0.25) is 9.69 Å². The van der Waals surface area contributed by atoms with E-state index in [1.165, 1.54) is 32.1 Å². The molecule has 0 spiro atoms. The summed E-state index contributed by atoms with van der Waals surface area (Å²) in [6.45, 7) is 7.00. The Labute approximate surface area is 263 Å². The molecule has 0 heterocycles. The van der Waals surface area contributed by atoms with E-state index in [0.29, 0.717) is 41.4 Å². The number of halogens is 1. The highest BCUT2D eigenvalue weighted by Gasteiger charge is 2.22. The lowest BCUT2D eigenvalue weighted by Crippen LogP contribution is -2.36. The number of fused-ring (bicyclic) bond motifs is 1. The molecular formula is C34H44BrN3O5. The number of rotatable bonds is 14. The summed E-state index contributed by atoms with van der Waals surface area (Å²) in [7, 11) is 1.64. The van der Waals surface area contributed by atoms with Crippen molar-refractivity contribution in [2.75, 3.05) is 45.7 Å². The van der Waals surface area contributed by atoms with E-state index in [9.17, 15) is 9.59 Å². The van der Waals surface area contributed by atoms with E-state index < -0.39 is 5.97 Å². The Kier molecular flexibility index (Phi) is 12.3. The van der Waals surface area contributed by atoms with Crippen molar-refractivity contribution in [3.8, 4) is 5.75 Å². The minimum Gasteiger partial charge on any atom is -0.497 e. The predicted octanol–water partition coefficient (Wildman–Crippen LogP) is 6.44. The Hall–Kier alpha value is -3.14. The first-order valence-corrected chi connectivity index (χ1v) is 16.0. The standard InChI is InChI=1S/C34H44BrN3O5/c1-4-38(29-8-6-5-7-9-29)22-28-19-27(21-31(35)32(28)36)34(40)43-17-15-37-14-16-42-33(39)23(2)24-10-11-26-20-30(41-3)13-12-25(26)18-24/h10-13,18-21,23,29,37H,4-9,14-17,22,36H2,1-3H3. The molecule has 4 rings (SSSR count). The normalized spacial score (nSPS) is 14.5. The van der Waals surface area contributed by atoms with E-state index in [-0.39, 0.29) is 25.1 Å². The van der Waals surface area contributed by atoms with E-state index in [4.69, 9.17) is 19.9 Å². The van der Waals surface area contributed by atoms with Crippen molar-refractivity contribution in [2.45, 2.75) is 64.5 Å². The van der Waals surface area contributed by atoms with Gasteiger partial charge in [-0.15, -0.1) is 0 Å². The smallest absolute Gasteiger partial charge is 0.338 e. The predicted molar refractivity (Wildman–Crippen MR) is 175 cm³/mol. The molecule has 8 nitrogen and oxygen atoms in total. The van der Waals surface area contributed by atoms with Crippen LogP contribution in [-0.2, 0) is 20.8 Å². The van der Waals surface area contributed by atoms with Crippen LogP contribution < -0.4 is 15.8 Å². The molecule has 1 atom stereocenters. The van der Waals surface area contributed by atoms with Crippen LogP contribution in [0, 0.1) is 0 Å². The molecule has 0 saturated heterocycles. The summed E-state index contributed by atoms with van der Waals surface area (Å²) >= 11 is 3.53. The molecule has 1 fully saturated rings. The lowest BCUT2D eigenvalue weighted by Gasteiger charge is -2.34. The molecule has 1 aliphatic carbocycles. The molecule has 0 aliphatic heterocycles. The fourth-order valence-electron chi connectivity index (χ4n) is 5.64. The number of anilines is 1. The molecule has 0 bridgehead atoms. The highest BCUT2D eigenvalue weighted by molar-refractivity contribution is 9.10. The van der Waals surface area contributed by atoms with Crippen LogP contribution in [0.2, 0.25) is 0 Å². The zero-order chi connectivity index (χ0) is 30.8. The number of nitrogens with two attached hydrogens (primary N) is 1. The van der Waals surface area contributed by atoms with Crippen LogP contribution in [-0.4, -0.2) is 62.8 Å². The Bertz CT molecular complexity index is 1390. The van der Waals surface area contributed by atoms with Gasteiger partial charge in [0.1, 0.15) is 19.0 Å². The highest BCUT2D eigenvalue weighted by Crippen LogP contribution is 2.30. The van der Waals surface area contributed by atoms with E-state index in [2.05, 4.69) is 33.1 Å². The molecule has 9 heteroatoms. The van der Waals surface area contributed by atoms with Crippen molar-refractivity contribution in [1.82, 2.24) is 10.2 Å². The van der Waals surface area contributed by atoms with Gasteiger partial charge in [-0.05, 0) is 88.4 Å². The van der Waals surface area contributed by atoms with Crippen LogP contribution in [0.25, 0.3) is 10.8 Å². The molecule has 0 aromatic heterocycles. The zero-order valence-corrected chi connectivity index (χ0v) is 27.1. The third-order valence-corrected chi connectivity index (χ3v) is 8.94. The number of methoxy groups -OCH3 is 1. The minimum atomic E-state index is -0.390. The van der Waals surface area contributed by atoms with Crippen molar-refractivity contribution < 1.29 is 23.8 Å². The van der Waals surface area contributed by atoms with Gasteiger partial charge in [0.05, 0.1) is 24.3 Å². The van der Waals surface area contributed by atoms with Gasteiger partial charge < -0.3 is 25.3 Å². The molecule has 3 N–H and O–H groups in total. The van der Waals surface area contributed by atoms with Crippen LogP contribution in [0.4, 0.5) is 5.69 Å². The number of hydrogen-bond acceptors (Lipinski definition) is 8. The summed E-state index contributed by atoms with van der Waals surface area (Å²) in [4.78, 5) is 27.9. The Morgan fingerprint density at radius 1 is 1.00 bits per heavy atom. The van der Waals surface area contributed by atoms with Crippen molar-refractivity contribution in [2.24, 2.45) is 0 Å².